The van der Waals surface area contributed by atoms with Crippen molar-refractivity contribution in [1.82, 2.24) is 9.62 Å². The standard InChI is InChI=1S/C25H30Cl2N2O3S/c1-4-7-19-15-23(18-8-6-9-21(27)14-18)24(17-10-12-20(26)13-11-17)29(25(19)30)22(5-2)16-28-33(3,31)32/h4,6,8-14,19,22-24,28H,1,5,7,15-16H2,2-3H3/t19-,22-,23+,24+/m0/s1. The highest BCUT2D eigenvalue weighted by Gasteiger charge is 2.45. The van der Waals surface area contributed by atoms with Gasteiger partial charge in [-0.15, -0.1) is 6.58 Å². The Balaban J connectivity index is 2.15. The lowest BCUT2D eigenvalue weighted by atomic mass is 9.74. The molecule has 0 spiro atoms. The second kappa shape index (κ2) is 11.0. The van der Waals surface area contributed by atoms with Gasteiger partial charge >= 0.3 is 0 Å². The molecule has 1 aliphatic rings. The zero-order chi connectivity index (χ0) is 24.2. The van der Waals surface area contributed by atoms with Crippen LogP contribution in [0, 0.1) is 5.92 Å². The van der Waals surface area contributed by atoms with Gasteiger partial charge in [0, 0.05) is 34.5 Å². The molecular formula is C25H30Cl2N2O3S. The summed E-state index contributed by atoms with van der Waals surface area (Å²) in [7, 11) is -3.41. The molecule has 3 rings (SSSR count). The Labute approximate surface area is 206 Å². The summed E-state index contributed by atoms with van der Waals surface area (Å²) in [4.78, 5) is 15.7. The smallest absolute Gasteiger partial charge is 0.226 e. The number of hydrogen-bond acceptors (Lipinski definition) is 3. The zero-order valence-corrected chi connectivity index (χ0v) is 21.2. The van der Waals surface area contributed by atoms with Crippen molar-refractivity contribution in [2.75, 3.05) is 12.8 Å². The Morgan fingerprint density at radius 3 is 2.42 bits per heavy atom. The Hall–Kier alpha value is -1.86. The molecular weight excluding hydrogens is 479 g/mol. The third-order valence-corrected chi connectivity index (χ3v) is 7.39. The number of sulfonamides is 1. The molecule has 0 saturated carbocycles. The molecule has 1 fully saturated rings. The molecule has 178 valence electrons. The van der Waals surface area contributed by atoms with E-state index >= 15 is 0 Å². The van der Waals surface area contributed by atoms with Crippen molar-refractivity contribution in [3.8, 4) is 0 Å². The predicted molar refractivity (Wildman–Crippen MR) is 135 cm³/mol. The molecule has 1 amide bonds. The minimum absolute atomic E-state index is 0.00952. The maximum absolute atomic E-state index is 13.8. The van der Waals surface area contributed by atoms with Crippen LogP contribution in [0.25, 0.3) is 0 Å². The molecule has 1 heterocycles. The van der Waals surface area contributed by atoms with E-state index in [2.05, 4.69) is 11.3 Å². The summed E-state index contributed by atoms with van der Waals surface area (Å²) in [6.45, 7) is 5.96. The summed E-state index contributed by atoms with van der Waals surface area (Å²) in [6.07, 6.45) is 4.69. The Morgan fingerprint density at radius 1 is 1.15 bits per heavy atom. The molecule has 0 aromatic heterocycles. The van der Waals surface area contributed by atoms with Gasteiger partial charge in [-0.3, -0.25) is 4.79 Å². The van der Waals surface area contributed by atoms with Gasteiger partial charge in [-0.2, -0.15) is 0 Å². The molecule has 2 aromatic rings. The molecule has 0 unspecified atom stereocenters. The summed E-state index contributed by atoms with van der Waals surface area (Å²) in [5, 5.41) is 1.25. The van der Waals surface area contributed by atoms with Crippen LogP contribution < -0.4 is 4.72 Å². The second-order valence-corrected chi connectivity index (χ2v) is 11.2. The van der Waals surface area contributed by atoms with Crippen molar-refractivity contribution >= 4 is 39.1 Å². The van der Waals surface area contributed by atoms with E-state index in [1.165, 1.54) is 0 Å². The third kappa shape index (κ3) is 6.38. The average Bonchev–Trinajstić information content (AvgIpc) is 2.76. The first kappa shape index (κ1) is 25.8. The first-order valence-electron chi connectivity index (χ1n) is 11.0. The maximum atomic E-state index is 13.8. The largest absolute Gasteiger partial charge is 0.330 e. The van der Waals surface area contributed by atoms with E-state index < -0.39 is 10.0 Å². The van der Waals surface area contributed by atoms with E-state index in [1.807, 2.05) is 60.4 Å². The second-order valence-electron chi connectivity index (χ2n) is 8.54. The Bertz CT molecular complexity index is 1090. The van der Waals surface area contributed by atoms with Gasteiger partial charge in [-0.25, -0.2) is 13.1 Å². The lowest BCUT2D eigenvalue weighted by Gasteiger charge is -2.48. The van der Waals surface area contributed by atoms with Gasteiger partial charge in [0.25, 0.3) is 0 Å². The van der Waals surface area contributed by atoms with Crippen molar-refractivity contribution in [1.29, 1.82) is 0 Å². The van der Waals surface area contributed by atoms with E-state index in [0.717, 1.165) is 17.4 Å². The van der Waals surface area contributed by atoms with Gasteiger partial charge in [-0.05, 0) is 54.7 Å². The molecule has 2 aromatic carbocycles. The van der Waals surface area contributed by atoms with Crippen LogP contribution in [0.4, 0.5) is 0 Å². The lowest BCUT2D eigenvalue weighted by Crippen LogP contribution is -2.54. The van der Waals surface area contributed by atoms with E-state index in [1.54, 1.807) is 6.08 Å². The number of allylic oxidation sites excluding steroid dienone is 1. The van der Waals surface area contributed by atoms with Crippen LogP contribution in [-0.2, 0) is 14.8 Å². The van der Waals surface area contributed by atoms with Crippen molar-refractivity contribution in [2.45, 2.75) is 44.2 Å². The first-order valence-corrected chi connectivity index (χ1v) is 13.7. The van der Waals surface area contributed by atoms with Gasteiger partial charge in [0.15, 0.2) is 0 Å². The number of carbonyl (C=O) groups excluding carboxylic acids is 1. The number of likely N-dealkylation sites (tertiary alicyclic amines) is 1. The number of rotatable bonds is 9. The van der Waals surface area contributed by atoms with Gasteiger partial charge in [0.2, 0.25) is 15.9 Å². The fourth-order valence-corrected chi connectivity index (χ4v) is 5.50. The van der Waals surface area contributed by atoms with Crippen LogP contribution >= 0.6 is 23.2 Å². The Kier molecular flexibility index (Phi) is 8.62. The zero-order valence-electron chi connectivity index (χ0n) is 18.9. The average molecular weight is 509 g/mol. The molecule has 8 heteroatoms. The van der Waals surface area contributed by atoms with Crippen LogP contribution in [-0.4, -0.2) is 38.1 Å². The van der Waals surface area contributed by atoms with Crippen molar-refractivity contribution < 1.29 is 13.2 Å². The summed E-state index contributed by atoms with van der Waals surface area (Å²) < 4.78 is 26.3. The molecule has 4 atom stereocenters. The van der Waals surface area contributed by atoms with Crippen molar-refractivity contribution in [3.05, 3.63) is 82.4 Å². The van der Waals surface area contributed by atoms with Gasteiger partial charge < -0.3 is 4.90 Å². The SMILES string of the molecule is C=CC[C@H]1C[C@H](c2cccc(Cl)c2)[C@@H](c2ccc(Cl)cc2)N([C@@H](CC)CNS(C)(=O)=O)C1=O. The number of carbonyl (C=O) groups is 1. The van der Waals surface area contributed by atoms with E-state index in [-0.39, 0.29) is 36.4 Å². The number of nitrogens with one attached hydrogen (secondary N) is 1. The quantitative estimate of drug-likeness (QED) is 0.450. The van der Waals surface area contributed by atoms with Crippen LogP contribution in [0.3, 0.4) is 0 Å². The fourth-order valence-electron chi connectivity index (χ4n) is 4.68. The highest BCUT2D eigenvalue weighted by atomic mass is 35.5. The maximum Gasteiger partial charge on any atom is 0.226 e. The van der Waals surface area contributed by atoms with Crippen LogP contribution in [0.5, 0.6) is 0 Å². The van der Waals surface area contributed by atoms with Crippen LogP contribution in [0.1, 0.15) is 49.3 Å². The number of amides is 1. The van der Waals surface area contributed by atoms with Crippen LogP contribution in [0.15, 0.2) is 61.2 Å². The summed E-state index contributed by atoms with van der Waals surface area (Å²) >= 11 is 12.5. The topological polar surface area (TPSA) is 66.5 Å². The number of piperidine rings is 1. The number of nitrogens with zero attached hydrogens (tertiary/aromatic N) is 1. The third-order valence-electron chi connectivity index (χ3n) is 6.21. The Morgan fingerprint density at radius 2 is 1.85 bits per heavy atom. The highest BCUT2D eigenvalue weighted by Crippen LogP contribution is 2.47. The van der Waals surface area contributed by atoms with E-state index in [0.29, 0.717) is 29.3 Å². The molecule has 1 saturated heterocycles. The van der Waals surface area contributed by atoms with Gasteiger partial charge in [-0.1, -0.05) is 60.5 Å². The summed E-state index contributed by atoms with van der Waals surface area (Å²) in [6, 6.07) is 14.6. The van der Waals surface area contributed by atoms with E-state index in [9.17, 15) is 13.2 Å². The molecule has 33 heavy (non-hydrogen) atoms. The molecule has 5 nitrogen and oxygen atoms in total. The molecule has 1 aliphatic heterocycles. The predicted octanol–water partition coefficient (Wildman–Crippen LogP) is 5.57. The number of hydrogen-bond donors (Lipinski definition) is 1. The summed E-state index contributed by atoms with van der Waals surface area (Å²) in [5.74, 6) is -0.266. The van der Waals surface area contributed by atoms with Gasteiger partial charge in [0.1, 0.15) is 0 Å². The molecule has 0 bridgehead atoms. The van der Waals surface area contributed by atoms with E-state index in [4.69, 9.17) is 23.2 Å². The fraction of sp³-hybridized carbons (Fsp3) is 0.400. The monoisotopic (exact) mass is 508 g/mol. The highest BCUT2D eigenvalue weighted by molar-refractivity contribution is 7.88. The lowest BCUT2D eigenvalue weighted by molar-refractivity contribution is -0.146. The van der Waals surface area contributed by atoms with Crippen molar-refractivity contribution in [2.24, 2.45) is 5.92 Å². The number of halogens is 2. The van der Waals surface area contributed by atoms with Crippen LogP contribution in [0.2, 0.25) is 10.0 Å². The normalized spacial score (nSPS) is 22.2. The summed E-state index contributed by atoms with van der Waals surface area (Å²) in [5.41, 5.74) is 1.99. The molecule has 0 radical (unpaired) electrons. The first-order chi connectivity index (χ1) is 15.6. The number of benzene rings is 2. The molecule has 0 aliphatic carbocycles. The minimum atomic E-state index is -3.41. The van der Waals surface area contributed by atoms with Crippen molar-refractivity contribution in [3.63, 3.8) is 0 Å². The van der Waals surface area contributed by atoms with Gasteiger partial charge in [0.05, 0.1) is 12.3 Å². The minimum Gasteiger partial charge on any atom is -0.330 e. The molecule has 1 N–H and O–H groups in total.